The van der Waals surface area contributed by atoms with Crippen molar-refractivity contribution in [2.75, 3.05) is 13.2 Å². The van der Waals surface area contributed by atoms with Gasteiger partial charge in [0, 0.05) is 30.3 Å². The molecular formula is C24H22N4OS. The lowest BCUT2D eigenvalue weighted by Gasteiger charge is -2.28. The van der Waals surface area contributed by atoms with Gasteiger partial charge in [-0.15, -0.1) is 0 Å². The van der Waals surface area contributed by atoms with Crippen molar-refractivity contribution in [2.24, 2.45) is 0 Å². The molecule has 0 saturated carbocycles. The van der Waals surface area contributed by atoms with Gasteiger partial charge in [-0.3, -0.25) is 4.98 Å². The molecule has 1 aliphatic heterocycles. The number of nitrogens with zero attached hydrogens (tertiary/aromatic N) is 3. The molecule has 2 N–H and O–H groups in total. The van der Waals surface area contributed by atoms with Gasteiger partial charge in [0.2, 0.25) is 0 Å². The van der Waals surface area contributed by atoms with Crippen LogP contribution in [-0.2, 0) is 0 Å². The highest BCUT2D eigenvalue weighted by molar-refractivity contribution is 7.80. The van der Waals surface area contributed by atoms with Gasteiger partial charge in [-0.1, -0.05) is 36.4 Å². The average molecular weight is 415 g/mol. The quantitative estimate of drug-likeness (QED) is 0.484. The summed E-state index contributed by atoms with van der Waals surface area (Å²) in [7, 11) is 0. The third-order valence-corrected chi connectivity index (χ3v) is 5.99. The first kappa shape index (κ1) is 18.8. The minimum atomic E-state index is -0.0978. The van der Waals surface area contributed by atoms with Gasteiger partial charge in [-0.25, -0.2) is 0 Å². The average Bonchev–Trinajstić information content (AvgIpc) is 3.39. The van der Waals surface area contributed by atoms with Crippen molar-refractivity contribution in [3.63, 3.8) is 0 Å². The van der Waals surface area contributed by atoms with E-state index in [2.05, 4.69) is 80.6 Å². The fraction of sp³-hybridized carbons (Fsp3) is 0.167. The molecule has 5 nitrogen and oxygen atoms in total. The molecule has 0 aliphatic carbocycles. The van der Waals surface area contributed by atoms with Crippen LogP contribution < -0.4 is 5.32 Å². The topological polar surface area (TPSA) is 53.3 Å². The van der Waals surface area contributed by atoms with E-state index in [-0.39, 0.29) is 18.7 Å². The number of aromatic nitrogens is 2. The summed E-state index contributed by atoms with van der Waals surface area (Å²) in [6.45, 7) is 0.493. The van der Waals surface area contributed by atoms with Crippen LogP contribution in [0.25, 0.3) is 16.5 Å². The third kappa shape index (κ3) is 3.24. The number of β-amino-alcohol motifs (C(OH)–C–C–N with tert-alkyl or cyclic N) is 1. The fourth-order valence-corrected chi connectivity index (χ4v) is 4.60. The Morgan fingerprint density at radius 2 is 1.80 bits per heavy atom. The molecule has 4 aromatic rings. The van der Waals surface area contributed by atoms with E-state index in [0.29, 0.717) is 11.7 Å². The number of hydrogen-bond acceptors (Lipinski definition) is 3. The van der Waals surface area contributed by atoms with E-state index in [1.54, 1.807) is 6.20 Å². The molecule has 30 heavy (non-hydrogen) atoms. The Morgan fingerprint density at radius 1 is 0.967 bits per heavy atom. The largest absolute Gasteiger partial charge is 0.395 e. The normalized spacial score (nSPS) is 18.7. The predicted octanol–water partition coefficient (Wildman–Crippen LogP) is 3.99. The maximum absolute atomic E-state index is 9.67. The van der Waals surface area contributed by atoms with Crippen LogP contribution in [0.5, 0.6) is 0 Å². The van der Waals surface area contributed by atoms with E-state index in [1.807, 2.05) is 18.2 Å². The van der Waals surface area contributed by atoms with Crippen molar-refractivity contribution < 1.29 is 5.11 Å². The molecule has 5 rings (SSSR count). The number of rotatable bonds is 5. The van der Waals surface area contributed by atoms with Crippen LogP contribution in [0.3, 0.4) is 0 Å². The molecule has 1 saturated heterocycles. The Morgan fingerprint density at radius 3 is 2.60 bits per heavy atom. The summed E-state index contributed by atoms with van der Waals surface area (Å²) in [4.78, 5) is 6.63. The second kappa shape index (κ2) is 7.89. The van der Waals surface area contributed by atoms with Crippen LogP contribution in [-0.4, -0.2) is 37.8 Å². The Hall–Kier alpha value is -3.22. The minimum Gasteiger partial charge on any atom is -0.395 e. The Labute approximate surface area is 180 Å². The molecule has 0 radical (unpaired) electrons. The van der Waals surface area contributed by atoms with Crippen LogP contribution in [0.1, 0.15) is 23.5 Å². The van der Waals surface area contributed by atoms with Gasteiger partial charge in [0.1, 0.15) is 0 Å². The van der Waals surface area contributed by atoms with Gasteiger partial charge in [-0.05, 0) is 59.4 Å². The van der Waals surface area contributed by atoms with Gasteiger partial charge in [0.25, 0.3) is 0 Å². The zero-order valence-electron chi connectivity index (χ0n) is 16.3. The predicted molar refractivity (Wildman–Crippen MR) is 123 cm³/mol. The number of thiocarbonyl (C=S) groups is 1. The fourth-order valence-electron chi connectivity index (χ4n) is 4.27. The van der Waals surface area contributed by atoms with Gasteiger partial charge < -0.3 is 19.9 Å². The minimum absolute atomic E-state index is 0.0317. The summed E-state index contributed by atoms with van der Waals surface area (Å²) in [5, 5.41) is 16.1. The number of benzene rings is 2. The number of aliphatic hydroxyl groups is 1. The van der Waals surface area contributed by atoms with Crippen LogP contribution >= 0.6 is 12.2 Å². The summed E-state index contributed by atoms with van der Waals surface area (Å²) >= 11 is 5.62. The Balaban J connectivity index is 1.62. The summed E-state index contributed by atoms with van der Waals surface area (Å²) in [6, 6.07) is 24.8. The monoisotopic (exact) mass is 414 g/mol. The standard InChI is InChI=1S/C24H22N4OS/c29-15-14-28-23(22(26-24(28)30)20-8-3-4-12-25-20)21-9-5-13-27(21)19-11-10-17-6-1-2-7-18(17)16-19/h1-13,16,22-23,29H,14-15H2,(H,26,30)/t22-,23+/m1/s1. The van der Waals surface area contributed by atoms with Crippen LogP contribution in [0.4, 0.5) is 0 Å². The van der Waals surface area contributed by atoms with Crippen molar-refractivity contribution in [1.82, 2.24) is 19.8 Å². The number of aliphatic hydroxyl groups excluding tert-OH is 1. The van der Waals surface area contributed by atoms with Crippen molar-refractivity contribution in [1.29, 1.82) is 0 Å². The number of fused-ring (bicyclic) bond motifs is 1. The van der Waals surface area contributed by atoms with Crippen LogP contribution in [0.2, 0.25) is 0 Å². The highest BCUT2D eigenvalue weighted by Gasteiger charge is 2.40. The van der Waals surface area contributed by atoms with Crippen molar-refractivity contribution in [2.45, 2.75) is 12.1 Å². The molecule has 6 heteroatoms. The highest BCUT2D eigenvalue weighted by atomic mass is 32.1. The summed E-state index contributed by atoms with van der Waals surface area (Å²) in [6.07, 6.45) is 3.88. The zero-order valence-corrected chi connectivity index (χ0v) is 17.2. The van der Waals surface area contributed by atoms with E-state index >= 15 is 0 Å². The third-order valence-electron chi connectivity index (χ3n) is 5.63. The first-order valence-corrected chi connectivity index (χ1v) is 10.4. The molecule has 1 fully saturated rings. The second-order valence-corrected chi connectivity index (χ2v) is 7.76. The molecule has 2 atom stereocenters. The molecule has 2 aromatic carbocycles. The summed E-state index contributed by atoms with van der Waals surface area (Å²) in [5.74, 6) is 0. The van der Waals surface area contributed by atoms with Gasteiger partial charge in [-0.2, -0.15) is 0 Å². The van der Waals surface area contributed by atoms with Crippen molar-refractivity contribution in [3.05, 3.63) is 96.6 Å². The van der Waals surface area contributed by atoms with E-state index in [0.717, 1.165) is 17.1 Å². The second-order valence-electron chi connectivity index (χ2n) is 7.38. The van der Waals surface area contributed by atoms with E-state index in [4.69, 9.17) is 12.2 Å². The van der Waals surface area contributed by atoms with Gasteiger partial charge >= 0.3 is 0 Å². The Kier molecular flexibility index (Phi) is 4.94. The smallest absolute Gasteiger partial charge is 0.170 e. The molecule has 2 aromatic heterocycles. The molecular weight excluding hydrogens is 392 g/mol. The Bertz CT molecular complexity index is 1190. The lowest BCUT2D eigenvalue weighted by atomic mass is 10.0. The SMILES string of the molecule is OCCN1C(=S)N[C@H](c2ccccn2)[C@@H]1c1cccn1-c1ccc2ccccc2c1. The van der Waals surface area contributed by atoms with Crippen molar-refractivity contribution in [3.8, 4) is 5.69 Å². The van der Waals surface area contributed by atoms with Gasteiger partial charge in [0.05, 0.1) is 24.4 Å². The maximum Gasteiger partial charge on any atom is 0.170 e. The molecule has 0 amide bonds. The highest BCUT2D eigenvalue weighted by Crippen LogP contribution is 2.39. The summed E-state index contributed by atoms with van der Waals surface area (Å²) in [5.41, 5.74) is 3.12. The molecule has 0 bridgehead atoms. The van der Waals surface area contributed by atoms with Crippen LogP contribution in [0, 0.1) is 0 Å². The molecule has 0 unspecified atom stereocenters. The number of nitrogens with one attached hydrogen (secondary N) is 1. The first-order chi connectivity index (χ1) is 14.8. The number of hydrogen-bond donors (Lipinski definition) is 2. The molecule has 3 heterocycles. The van der Waals surface area contributed by atoms with Crippen LogP contribution in [0.15, 0.2) is 85.2 Å². The van der Waals surface area contributed by atoms with E-state index in [9.17, 15) is 5.11 Å². The number of pyridine rings is 1. The van der Waals surface area contributed by atoms with E-state index in [1.165, 1.54) is 10.8 Å². The van der Waals surface area contributed by atoms with Gasteiger partial charge in [0.15, 0.2) is 5.11 Å². The van der Waals surface area contributed by atoms with E-state index < -0.39 is 0 Å². The molecule has 1 aliphatic rings. The maximum atomic E-state index is 9.67. The zero-order chi connectivity index (χ0) is 20.5. The molecule has 0 spiro atoms. The summed E-state index contributed by atoms with van der Waals surface area (Å²) < 4.78 is 2.20. The molecule has 150 valence electrons. The lowest BCUT2D eigenvalue weighted by molar-refractivity contribution is 0.220. The van der Waals surface area contributed by atoms with Crippen molar-refractivity contribution >= 4 is 28.1 Å². The first-order valence-electron chi connectivity index (χ1n) is 10.0. The lowest BCUT2D eigenvalue weighted by Crippen LogP contribution is -2.32.